The fourth-order valence-corrected chi connectivity index (χ4v) is 10.3. The van der Waals surface area contributed by atoms with Crippen LogP contribution in [0.3, 0.4) is 0 Å². The van der Waals surface area contributed by atoms with Gasteiger partial charge in [0.1, 0.15) is 0 Å². The molecule has 0 bridgehead atoms. The highest BCUT2D eigenvalue weighted by Gasteiger charge is 2.20. The molecule has 0 radical (unpaired) electrons. The number of hydrogen-bond donors (Lipinski definition) is 0. The van der Waals surface area contributed by atoms with Crippen LogP contribution in [0.25, 0.3) is 126 Å². The molecule has 298 valence electrons. The van der Waals surface area contributed by atoms with Gasteiger partial charge in [0.2, 0.25) is 0 Å². The molecule has 0 atom stereocenters. The highest BCUT2D eigenvalue weighted by molar-refractivity contribution is 6.29. The first kappa shape index (κ1) is 36.3. The van der Waals surface area contributed by atoms with Crippen LogP contribution in [-0.4, -0.2) is 9.55 Å². The molecule has 0 aliphatic rings. The molecule has 0 amide bonds. The fraction of sp³-hybridized carbons (Fsp3) is 0.0161. The first-order chi connectivity index (χ1) is 31.6. The van der Waals surface area contributed by atoms with Gasteiger partial charge in [-0.15, -0.1) is 0 Å². The monoisotopic (exact) mass is 812 g/mol. The van der Waals surface area contributed by atoms with E-state index in [-0.39, 0.29) is 0 Å². The predicted molar refractivity (Wildman–Crippen MR) is 273 cm³/mol. The second-order valence-electron chi connectivity index (χ2n) is 17.2. The lowest BCUT2D eigenvalue weighted by Crippen LogP contribution is -1.99. The van der Waals surface area contributed by atoms with Crippen LogP contribution in [0.1, 0.15) is 5.56 Å². The van der Waals surface area contributed by atoms with Crippen molar-refractivity contribution < 1.29 is 0 Å². The molecule has 2 aromatic heterocycles. The van der Waals surface area contributed by atoms with Crippen LogP contribution in [0.15, 0.2) is 224 Å². The van der Waals surface area contributed by atoms with Gasteiger partial charge in [-0.2, -0.15) is 0 Å². The Morgan fingerprint density at radius 3 is 1.42 bits per heavy atom. The van der Waals surface area contributed by atoms with Crippen LogP contribution in [0.5, 0.6) is 0 Å². The van der Waals surface area contributed by atoms with E-state index in [1.54, 1.807) is 0 Å². The zero-order chi connectivity index (χ0) is 42.3. The summed E-state index contributed by atoms with van der Waals surface area (Å²) in [5, 5.41) is 14.7. The molecule has 0 N–H and O–H groups in total. The minimum Gasteiger partial charge on any atom is -0.309 e. The number of benzene rings is 11. The SMILES string of the molecule is Cc1ccc(-c2ccc3c(c2)c2ccccc2c2cc4c5cc(-c6ccccc6)ccc5n(-c5cc(-c6cccc7ccccc67)nc(-c6cccc7ccccc67)c5)c4cc32)cc1. The number of fused-ring (bicyclic) bond motifs is 11. The summed E-state index contributed by atoms with van der Waals surface area (Å²) in [5.74, 6) is 0. The van der Waals surface area contributed by atoms with Crippen LogP contribution in [0, 0.1) is 6.92 Å². The molecule has 64 heavy (non-hydrogen) atoms. The van der Waals surface area contributed by atoms with E-state index in [1.165, 1.54) is 92.5 Å². The van der Waals surface area contributed by atoms with Gasteiger partial charge in [0.25, 0.3) is 0 Å². The third-order valence-electron chi connectivity index (χ3n) is 13.4. The van der Waals surface area contributed by atoms with Gasteiger partial charge in [-0.1, -0.05) is 188 Å². The smallest absolute Gasteiger partial charge is 0.0736 e. The van der Waals surface area contributed by atoms with Crippen molar-refractivity contribution in [3.05, 3.63) is 230 Å². The molecule has 2 heteroatoms. The Morgan fingerprint density at radius 2 is 0.766 bits per heavy atom. The van der Waals surface area contributed by atoms with E-state index < -0.39 is 0 Å². The van der Waals surface area contributed by atoms with Crippen LogP contribution in [0.4, 0.5) is 0 Å². The highest BCUT2D eigenvalue weighted by atomic mass is 15.0. The molecule has 0 aliphatic heterocycles. The summed E-state index contributed by atoms with van der Waals surface area (Å²) in [5.41, 5.74) is 13.6. The lowest BCUT2D eigenvalue weighted by molar-refractivity contribution is 1.16. The van der Waals surface area contributed by atoms with Crippen molar-refractivity contribution in [2.45, 2.75) is 6.92 Å². The van der Waals surface area contributed by atoms with Crippen molar-refractivity contribution in [2.24, 2.45) is 0 Å². The summed E-state index contributed by atoms with van der Waals surface area (Å²) in [6, 6.07) is 82.5. The summed E-state index contributed by atoms with van der Waals surface area (Å²) >= 11 is 0. The number of aromatic nitrogens is 2. The van der Waals surface area contributed by atoms with Crippen molar-refractivity contribution in [1.29, 1.82) is 0 Å². The molecule has 0 aliphatic carbocycles. The van der Waals surface area contributed by atoms with Gasteiger partial charge in [0.05, 0.1) is 28.1 Å². The standard InChI is InChI=1S/C62H40N2/c1-39-25-27-41(28-26-39)44-29-31-51-54(33-44)49-21-9-10-22-50(49)55-37-58-57-34-45(40-13-3-2-4-14-40)30-32-61(57)64(62(58)38-56(51)55)46-35-59(52-23-11-17-42-15-5-7-19-47(42)52)63-60(36-46)53-24-12-18-43-16-6-8-20-48(43)53/h2-38H,1H3. The van der Waals surface area contributed by atoms with Crippen LogP contribution in [0.2, 0.25) is 0 Å². The maximum Gasteiger partial charge on any atom is 0.0736 e. The Kier molecular flexibility index (Phi) is 8.16. The predicted octanol–water partition coefficient (Wildman–Crippen LogP) is 16.9. The topological polar surface area (TPSA) is 17.8 Å². The summed E-state index contributed by atoms with van der Waals surface area (Å²) < 4.78 is 2.49. The van der Waals surface area contributed by atoms with Gasteiger partial charge in [-0.25, -0.2) is 4.98 Å². The van der Waals surface area contributed by atoms with E-state index in [0.29, 0.717) is 0 Å². The highest BCUT2D eigenvalue weighted by Crippen LogP contribution is 2.44. The van der Waals surface area contributed by atoms with Gasteiger partial charge in [-0.05, 0) is 126 Å². The molecule has 0 unspecified atom stereocenters. The van der Waals surface area contributed by atoms with E-state index in [4.69, 9.17) is 4.98 Å². The average Bonchev–Trinajstić information content (AvgIpc) is 3.68. The normalized spacial score (nSPS) is 11.8. The minimum atomic E-state index is 0.939. The Labute approximate surface area is 370 Å². The third-order valence-corrected chi connectivity index (χ3v) is 13.4. The quantitative estimate of drug-likeness (QED) is 0.158. The summed E-state index contributed by atoms with van der Waals surface area (Å²) in [6.07, 6.45) is 0. The molecule has 0 saturated carbocycles. The van der Waals surface area contributed by atoms with Gasteiger partial charge in [0, 0.05) is 21.9 Å². The number of aryl methyl sites for hydroxylation is 1. The minimum absolute atomic E-state index is 0.939. The van der Waals surface area contributed by atoms with Crippen molar-refractivity contribution in [1.82, 2.24) is 9.55 Å². The first-order valence-corrected chi connectivity index (χ1v) is 22.1. The van der Waals surface area contributed by atoms with Gasteiger partial charge >= 0.3 is 0 Å². The van der Waals surface area contributed by atoms with E-state index >= 15 is 0 Å². The lowest BCUT2D eigenvalue weighted by Gasteiger charge is -2.16. The summed E-state index contributed by atoms with van der Waals surface area (Å²) in [6.45, 7) is 2.15. The van der Waals surface area contributed by atoms with Crippen molar-refractivity contribution in [3.8, 4) is 50.5 Å². The molecular weight excluding hydrogens is 773 g/mol. The molecule has 2 heterocycles. The number of rotatable bonds is 5. The van der Waals surface area contributed by atoms with Crippen LogP contribution >= 0.6 is 0 Å². The Balaban J connectivity index is 1.15. The average molecular weight is 813 g/mol. The molecular formula is C62H40N2. The Bertz CT molecular complexity index is 3900. The van der Waals surface area contributed by atoms with Gasteiger partial charge in [-0.3, -0.25) is 0 Å². The molecule has 0 spiro atoms. The van der Waals surface area contributed by atoms with Crippen LogP contribution < -0.4 is 0 Å². The van der Waals surface area contributed by atoms with Gasteiger partial charge in [0.15, 0.2) is 0 Å². The van der Waals surface area contributed by atoms with E-state index in [1.807, 2.05) is 0 Å². The number of nitrogens with zero attached hydrogens (tertiary/aromatic N) is 2. The van der Waals surface area contributed by atoms with Crippen LogP contribution in [-0.2, 0) is 0 Å². The Hall–Kier alpha value is -8.33. The molecule has 13 aromatic rings. The maximum absolute atomic E-state index is 5.55. The zero-order valence-corrected chi connectivity index (χ0v) is 35.3. The second kappa shape index (κ2) is 14.4. The number of pyridine rings is 1. The summed E-state index contributed by atoms with van der Waals surface area (Å²) in [7, 11) is 0. The van der Waals surface area contributed by atoms with Crippen molar-refractivity contribution in [2.75, 3.05) is 0 Å². The molecule has 0 fully saturated rings. The van der Waals surface area contributed by atoms with Gasteiger partial charge < -0.3 is 4.57 Å². The zero-order valence-electron chi connectivity index (χ0n) is 35.3. The fourth-order valence-electron chi connectivity index (χ4n) is 10.3. The largest absolute Gasteiger partial charge is 0.309 e. The van der Waals surface area contributed by atoms with E-state index in [2.05, 4.69) is 236 Å². The molecule has 0 saturated heterocycles. The molecule has 2 nitrogen and oxygen atoms in total. The van der Waals surface area contributed by atoms with E-state index in [9.17, 15) is 0 Å². The second-order valence-corrected chi connectivity index (χ2v) is 17.2. The van der Waals surface area contributed by atoms with E-state index in [0.717, 1.165) is 39.2 Å². The third kappa shape index (κ3) is 5.77. The Morgan fingerprint density at radius 1 is 0.297 bits per heavy atom. The summed E-state index contributed by atoms with van der Waals surface area (Å²) in [4.78, 5) is 5.55. The molecule has 11 aromatic carbocycles. The van der Waals surface area contributed by atoms with Crippen molar-refractivity contribution >= 4 is 75.7 Å². The lowest BCUT2D eigenvalue weighted by atomic mass is 9.91. The molecule has 13 rings (SSSR count). The maximum atomic E-state index is 5.55. The number of hydrogen-bond acceptors (Lipinski definition) is 1. The van der Waals surface area contributed by atoms with Crippen molar-refractivity contribution in [3.63, 3.8) is 0 Å². The first-order valence-electron chi connectivity index (χ1n) is 22.1.